The van der Waals surface area contributed by atoms with Crippen LogP contribution in [0.1, 0.15) is 393 Å². The summed E-state index contributed by atoms with van der Waals surface area (Å²) < 4.78 is 5.47. The standard InChI is InChI=1S/C71H137NO5/c1-3-5-7-9-11-13-15-16-17-37-40-44-47-51-55-59-63-69(74)68(67-73)72-70(75)64-60-56-52-48-45-41-38-35-33-31-29-27-25-23-21-19-18-20-22-24-26-28-30-32-34-36-39-42-46-50-54-58-62-66-77-71(76)65-61-57-53-49-43-14-12-10-8-6-4-2/h10,12,22,24,68-69,73-74H,3-9,11,13-21,23,25-67H2,1-2H3,(H,72,75)/b12-10-,24-22-. The van der Waals surface area contributed by atoms with Gasteiger partial charge in [-0.2, -0.15) is 0 Å². The van der Waals surface area contributed by atoms with Gasteiger partial charge in [0.25, 0.3) is 0 Å². The third-order valence-corrected chi connectivity index (χ3v) is 16.5. The molecule has 1 amide bonds. The van der Waals surface area contributed by atoms with Gasteiger partial charge in [0.2, 0.25) is 5.91 Å². The van der Waals surface area contributed by atoms with Crippen LogP contribution in [0, 0.1) is 0 Å². The van der Waals surface area contributed by atoms with Crippen molar-refractivity contribution in [3.05, 3.63) is 24.3 Å². The van der Waals surface area contributed by atoms with E-state index in [9.17, 15) is 19.8 Å². The van der Waals surface area contributed by atoms with E-state index >= 15 is 0 Å². The van der Waals surface area contributed by atoms with Gasteiger partial charge in [-0.1, -0.05) is 334 Å². The number of unbranched alkanes of at least 4 members (excludes halogenated alkanes) is 51. The van der Waals surface area contributed by atoms with Gasteiger partial charge in [0.1, 0.15) is 0 Å². The van der Waals surface area contributed by atoms with Crippen molar-refractivity contribution in [1.29, 1.82) is 0 Å². The summed E-state index contributed by atoms with van der Waals surface area (Å²) in [6.45, 7) is 4.95. The Labute approximate surface area is 481 Å². The lowest BCUT2D eigenvalue weighted by Crippen LogP contribution is -2.45. The quantitative estimate of drug-likeness (QED) is 0.0320. The predicted octanol–water partition coefficient (Wildman–Crippen LogP) is 22.5. The van der Waals surface area contributed by atoms with Crippen LogP contribution in [0.3, 0.4) is 0 Å². The summed E-state index contributed by atoms with van der Waals surface area (Å²) in [5.74, 6) is -0.0206. The molecule has 0 heterocycles. The molecule has 6 heteroatoms. The van der Waals surface area contributed by atoms with Gasteiger partial charge in [0.15, 0.2) is 0 Å². The van der Waals surface area contributed by atoms with Gasteiger partial charge >= 0.3 is 5.97 Å². The lowest BCUT2D eigenvalue weighted by Gasteiger charge is -2.22. The van der Waals surface area contributed by atoms with Crippen molar-refractivity contribution >= 4 is 11.9 Å². The smallest absolute Gasteiger partial charge is 0.305 e. The number of hydrogen-bond donors (Lipinski definition) is 3. The molecule has 0 bridgehead atoms. The predicted molar refractivity (Wildman–Crippen MR) is 338 cm³/mol. The fourth-order valence-corrected chi connectivity index (χ4v) is 11.1. The fraction of sp³-hybridized carbons (Fsp3) is 0.915. The number of rotatable bonds is 66. The maximum absolute atomic E-state index is 12.5. The molecule has 0 saturated heterocycles. The molecule has 0 spiro atoms. The Morgan fingerprint density at radius 3 is 0.961 bits per heavy atom. The highest BCUT2D eigenvalue weighted by atomic mass is 16.5. The molecule has 0 aromatic rings. The zero-order chi connectivity index (χ0) is 55.7. The molecular weight excluding hydrogens is 947 g/mol. The van der Waals surface area contributed by atoms with Crippen molar-refractivity contribution < 1.29 is 24.5 Å². The van der Waals surface area contributed by atoms with Gasteiger partial charge in [-0.3, -0.25) is 9.59 Å². The molecule has 456 valence electrons. The van der Waals surface area contributed by atoms with Crippen molar-refractivity contribution in [2.24, 2.45) is 0 Å². The van der Waals surface area contributed by atoms with E-state index in [1.807, 2.05) is 0 Å². The minimum Gasteiger partial charge on any atom is -0.466 e. The molecule has 0 aromatic carbocycles. The highest BCUT2D eigenvalue weighted by Crippen LogP contribution is 2.19. The first kappa shape index (κ1) is 75.3. The summed E-state index contributed by atoms with van der Waals surface area (Å²) >= 11 is 0. The lowest BCUT2D eigenvalue weighted by atomic mass is 10.0. The Kier molecular flexibility index (Phi) is 65.4. The first-order valence-electron chi connectivity index (χ1n) is 35.1. The van der Waals surface area contributed by atoms with Crippen molar-refractivity contribution in [2.75, 3.05) is 13.2 Å². The van der Waals surface area contributed by atoms with Crippen LogP contribution in [0.5, 0.6) is 0 Å². The highest BCUT2D eigenvalue weighted by Gasteiger charge is 2.20. The number of amides is 1. The van der Waals surface area contributed by atoms with Gasteiger partial charge in [0, 0.05) is 12.8 Å². The largest absolute Gasteiger partial charge is 0.466 e. The molecule has 0 aliphatic carbocycles. The topological polar surface area (TPSA) is 95.9 Å². The van der Waals surface area contributed by atoms with Gasteiger partial charge < -0.3 is 20.3 Å². The Balaban J connectivity index is 3.35. The number of esters is 1. The Bertz CT molecular complexity index is 1200. The number of aliphatic hydroxyl groups excluding tert-OH is 2. The van der Waals surface area contributed by atoms with Crippen molar-refractivity contribution in [2.45, 2.75) is 405 Å². The molecule has 77 heavy (non-hydrogen) atoms. The third kappa shape index (κ3) is 63.4. The van der Waals surface area contributed by atoms with Crippen LogP contribution in [0.4, 0.5) is 0 Å². The minimum atomic E-state index is -0.662. The Hall–Kier alpha value is -1.66. The molecule has 2 unspecified atom stereocenters. The van der Waals surface area contributed by atoms with E-state index in [1.54, 1.807) is 0 Å². The maximum atomic E-state index is 12.5. The second-order valence-electron chi connectivity index (χ2n) is 24.2. The van der Waals surface area contributed by atoms with E-state index < -0.39 is 12.1 Å². The normalized spacial score (nSPS) is 12.6. The summed E-state index contributed by atoms with van der Waals surface area (Å²) in [6, 6.07) is -0.539. The van der Waals surface area contributed by atoms with Crippen LogP contribution in [0.15, 0.2) is 24.3 Å². The highest BCUT2D eigenvalue weighted by molar-refractivity contribution is 5.76. The van der Waals surface area contributed by atoms with Gasteiger partial charge in [-0.25, -0.2) is 0 Å². The van der Waals surface area contributed by atoms with Crippen molar-refractivity contribution in [3.8, 4) is 0 Å². The number of carbonyl (C=O) groups excluding carboxylic acids is 2. The van der Waals surface area contributed by atoms with Crippen LogP contribution in [0.25, 0.3) is 0 Å². The Morgan fingerprint density at radius 2 is 0.623 bits per heavy atom. The van der Waals surface area contributed by atoms with E-state index in [0.717, 1.165) is 44.9 Å². The third-order valence-electron chi connectivity index (χ3n) is 16.5. The summed E-state index contributed by atoms with van der Waals surface area (Å²) in [5.41, 5.74) is 0. The molecule has 0 rings (SSSR count). The van der Waals surface area contributed by atoms with Gasteiger partial charge in [-0.15, -0.1) is 0 Å². The molecule has 0 aliphatic rings. The number of aliphatic hydroxyl groups is 2. The van der Waals surface area contributed by atoms with Gasteiger partial charge in [0.05, 0.1) is 25.4 Å². The monoisotopic (exact) mass is 1080 g/mol. The van der Waals surface area contributed by atoms with E-state index in [1.165, 1.54) is 315 Å². The van der Waals surface area contributed by atoms with Crippen molar-refractivity contribution in [1.82, 2.24) is 5.32 Å². The second kappa shape index (κ2) is 66.8. The summed E-state index contributed by atoms with van der Waals surface area (Å²) in [7, 11) is 0. The maximum Gasteiger partial charge on any atom is 0.305 e. The van der Waals surface area contributed by atoms with Crippen LogP contribution in [-0.2, 0) is 14.3 Å². The minimum absolute atomic E-state index is 0.00799. The molecule has 0 radical (unpaired) electrons. The first-order chi connectivity index (χ1) is 38.0. The molecule has 0 aromatic heterocycles. The van der Waals surface area contributed by atoms with E-state index in [2.05, 4.69) is 43.5 Å². The first-order valence-corrected chi connectivity index (χ1v) is 35.1. The number of ether oxygens (including phenoxy) is 1. The molecule has 0 saturated carbocycles. The molecule has 3 N–H and O–H groups in total. The number of hydrogen-bond acceptors (Lipinski definition) is 5. The average molecular weight is 1080 g/mol. The summed E-state index contributed by atoms with van der Waals surface area (Å²) in [5, 5.41) is 23.4. The molecule has 0 fully saturated rings. The Morgan fingerprint density at radius 1 is 0.351 bits per heavy atom. The summed E-state index contributed by atoms with van der Waals surface area (Å²) in [6.07, 6.45) is 83.8. The number of nitrogens with one attached hydrogen (secondary N) is 1. The molecule has 2 atom stereocenters. The zero-order valence-electron chi connectivity index (χ0n) is 52.2. The molecule has 0 aliphatic heterocycles. The SMILES string of the molecule is CCCC/C=C\CCCCCCCC(=O)OCCCCCCCCCCCCCC/C=C\CCCCCCCCCCCCCCCCCCCC(=O)NC(CO)C(O)CCCCCCCCCCCCCCCCCC. The van der Waals surface area contributed by atoms with Crippen LogP contribution in [0.2, 0.25) is 0 Å². The van der Waals surface area contributed by atoms with Crippen molar-refractivity contribution in [3.63, 3.8) is 0 Å². The fourth-order valence-electron chi connectivity index (χ4n) is 11.1. The van der Waals surface area contributed by atoms with E-state index in [-0.39, 0.29) is 18.5 Å². The number of carbonyl (C=O) groups is 2. The van der Waals surface area contributed by atoms with E-state index in [0.29, 0.717) is 25.9 Å². The molecular formula is C71H137NO5. The number of allylic oxidation sites excluding steroid dienone is 4. The molecule has 6 nitrogen and oxygen atoms in total. The van der Waals surface area contributed by atoms with E-state index in [4.69, 9.17) is 4.74 Å². The zero-order valence-corrected chi connectivity index (χ0v) is 52.2. The van der Waals surface area contributed by atoms with Crippen LogP contribution >= 0.6 is 0 Å². The van der Waals surface area contributed by atoms with Gasteiger partial charge in [-0.05, 0) is 70.6 Å². The second-order valence-corrected chi connectivity index (χ2v) is 24.2. The summed E-state index contributed by atoms with van der Waals surface area (Å²) in [4.78, 5) is 24.5. The van der Waals surface area contributed by atoms with Crippen LogP contribution < -0.4 is 5.32 Å². The lowest BCUT2D eigenvalue weighted by molar-refractivity contribution is -0.143. The average Bonchev–Trinajstić information content (AvgIpc) is 3.43. The van der Waals surface area contributed by atoms with Crippen LogP contribution in [-0.4, -0.2) is 47.4 Å².